The monoisotopic (exact) mass is 451 g/mol. The number of esters is 1. The zero-order valence-electron chi connectivity index (χ0n) is 15.2. The Balaban J connectivity index is 2.17. The number of rotatable bonds is 5. The predicted molar refractivity (Wildman–Crippen MR) is 108 cm³/mol. The summed E-state index contributed by atoms with van der Waals surface area (Å²) in [5.74, 6) is -0.244. The Morgan fingerprint density at radius 1 is 1.41 bits per heavy atom. The zero-order chi connectivity index (χ0) is 19.6. The molecule has 0 aliphatic carbocycles. The van der Waals surface area contributed by atoms with Gasteiger partial charge in [0.25, 0.3) is 0 Å². The Morgan fingerprint density at radius 3 is 2.81 bits per heavy atom. The summed E-state index contributed by atoms with van der Waals surface area (Å²) in [6.07, 6.45) is 0. The van der Waals surface area contributed by atoms with Gasteiger partial charge in [-0.25, -0.2) is 14.2 Å². The molecule has 0 saturated carbocycles. The quantitative estimate of drug-likeness (QED) is 0.546. The van der Waals surface area contributed by atoms with Crippen molar-refractivity contribution in [2.45, 2.75) is 26.8 Å². The highest BCUT2D eigenvalue weighted by molar-refractivity contribution is 9.09. The van der Waals surface area contributed by atoms with Gasteiger partial charge in [0, 0.05) is 22.1 Å². The number of amidine groups is 1. The molecule has 0 spiro atoms. The molecular formula is C19H19BrFN3O2S. The fraction of sp³-hybridized carbons (Fsp3) is 0.316. The van der Waals surface area contributed by atoms with Crippen molar-refractivity contribution in [2.75, 3.05) is 11.9 Å². The number of halogens is 2. The van der Waals surface area contributed by atoms with Crippen molar-refractivity contribution in [3.05, 3.63) is 62.5 Å². The number of aromatic nitrogens is 1. The van der Waals surface area contributed by atoms with Crippen molar-refractivity contribution in [2.24, 2.45) is 4.99 Å². The number of thiazole rings is 1. The molecule has 1 aliphatic rings. The minimum Gasteiger partial charge on any atom is -0.463 e. The second-order valence-electron chi connectivity index (χ2n) is 6.00. The number of benzene rings is 1. The van der Waals surface area contributed by atoms with E-state index >= 15 is 0 Å². The average Bonchev–Trinajstić information content (AvgIpc) is 3.09. The molecule has 2 aromatic rings. The van der Waals surface area contributed by atoms with Crippen LogP contribution < -0.4 is 5.32 Å². The third-order valence-corrected chi connectivity index (χ3v) is 5.71. The molecule has 8 heteroatoms. The summed E-state index contributed by atoms with van der Waals surface area (Å²) in [5, 5.41) is 6.24. The molecule has 0 radical (unpaired) electrons. The Morgan fingerprint density at radius 2 is 2.19 bits per heavy atom. The van der Waals surface area contributed by atoms with E-state index < -0.39 is 12.0 Å². The van der Waals surface area contributed by atoms with Crippen molar-refractivity contribution in [1.82, 2.24) is 10.3 Å². The van der Waals surface area contributed by atoms with Crippen LogP contribution in [0.25, 0.3) is 0 Å². The smallest absolute Gasteiger partial charge is 0.338 e. The highest BCUT2D eigenvalue weighted by atomic mass is 79.9. The predicted octanol–water partition coefficient (Wildman–Crippen LogP) is 4.20. The highest BCUT2D eigenvalue weighted by Gasteiger charge is 2.33. The second kappa shape index (κ2) is 8.31. The summed E-state index contributed by atoms with van der Waals surface area (Å²) in [6.45, 7) is 5.59. The number of nitrogens with one attached hydrogen (secondary N) is 1. The molecule has 0 saturated heterocycles. The number of carbonyl (C=O) groups excluding carboxylic acids is 1. The summed E-state index contributed by atoms with van der Waals surface area (Å²) in [4.78, 5) is 21.9. The lowest BCUT2D eigenvalue weighted by atomic mass is 9.92. The molecule has 1 N–H and O–H groups in total. The first-order chi connectivity index (χ1) is 13.0. The van der Waals surface area contributed by atoms with Crippen LogP contribution in [0.4, 0.5) is 4.39 Å². The Kier molecular flexibility index (Phi) is 6.06. The third kappa shape index (κ3) is 3.96. The number of alkyl halides is 1. The van der Waals surface area contributed by atoms with E-state index in [1.54, 1.807) is 26.0 Å². The minimum atomic E-state index is -0.673. The van der Waals surface area contributed by atoms with E-state index in [-0.39, 0.29) is 12.4 Å². The van der Waals surface area contributed by atoms with Gasteiger partial charge in [-0.3, -0.25) is 4.99 Å². The summed E-state index contributed by atoms with van der Waals surface area (Å²) in [6, 6.07) is 4.13. The van der Waals surface area contributed by atoms with Gasteiger partial charge in [0.1, 0.15) is 11.9 Å². The molecule has 0 fully saturated rings. The zero-order valence-corrected chi connectivity index (χ0v) is 17.6. The van der Waals surface area contributed by atoms with Crippen LogP contribution in [0.5, 0.6) is 0 Å². The van der Waals surface area contributed by atoms with Gasteiger partial charge in [0.05, 0.1) is 12.2 Å². The molecule has 1 aromatic carbocycles. The van der Waals surface area contributed by atoms with Crippen LogP contribution in [0.2, 0.25) is 0 Å². The largest absolute Gasteiger partial charge is 0.463 e. The number of aryl methyl sites for hydroxylation is 1. The van der Waals surface area contributed by atoms with E-state index in [2.05, 4.69) is 26.2 Å². The number of nitrogens with zero attached hydrogens (tertiary/aromatic N) is 2. The number of ether oxygens (including phenoxy) is 1. The van der Waals surface area contributed by atoms with E-state index in [1.807, 2.05) is 12.3 Å². The van der Waals surface area contributed by atoms with Gasteiger partial charge in [-0.15, -0.1) is 11.3 Å². The molecular weight excluding hydrogens is 433 g/mol. The van der Waals surface area contributed by atoms with Crippen LogP contribution >= 0.6 is 27.3 Å². The molecule has 142 valence electrons. The first kappa shape index (κ1) is 19.7. The SMILES string of the molecule is CCOC(=O)C1=C(CBr)NC(c2nc(C)cs2)=NC1c1cccc(F)c1C. The van der Waals surface area contributed by atoms with Crippen molar-refractivity contribution in [3.8, 4) is 0 Å². The van der Waals surface area contributed by atoms with E-state index in [0.717, 1.165) is 5.69 Å². The minimum absolute atomic E-state index is 0.245. The Bertz CT molecular complexity index is 939. The van der Waals surface area contributed by atoms with Crippen LogP contribution in [-0.4, -0.2) is 28.7 Å². The summed E-state index contributed by atoms with van der Waals surface area (Å²) < 4.78 is 19.4. The first-order valence-electron chi connectivity index (χ1n) is 8.44. The maximum atomic E-state index is 14.2. The van der Waals surface area contributed by atoms with E-state index in [1.165, 1.54) is 17.4 Å². The van der Waals surface area contributed by atoms with E-state index in [4.69, 9.17) is 9.73 Å². The molecule has 2 heterocycles. The average molecular weight is 452 g/mol. The van der Waals surface area contributed by atoms with Gasteiger partial charge in [-0.2, -0.15) is 0 Å². The summed E-state index contributed by atoms with van der Waals surface area (Å²) in [7, 11) is 0. The van der Waals surface area contributed by atoms with Crippen LogP contribution in [0.15, 0.2) is 39.8 Å². The number of hydrogen-bond acceptors (Lipinski definition) is 6. The molecule has 1 unspecified atom stereocenters. The van der Waals surface area contributed by atoms with Gasteiger partial charge >= 0.3 is 5.97 Å². The molecule has 3 rings (SSSR count). The second-order valence-corrected chi connectivity index (χ2v) is 7.42. The van der Waals surface area contributed by atoms with Crippen LogP contribution in [0.1, 0.15) is 34.8 Å². The van der Waals surface area contributed by atoms with Gasteiger partial charge in [0.2, 0.25) is 0 Å². The third-order valence-electron chi connectivity index (χ3n) is 4.18. The first-order valence-corrected chi connectivity index (χ1v) is 10.4. The summed E-state index contributed by atoms with van der Waals surface area (Å²) >= 11 is 4.90. The topological polar surface area (TPSA) is 63.6 Å². The number of aliphatic imine (C=N–C) groups is 1. The standard InChI is InChI=1S/C19H19BrFN3O2S/c1-4-26-19(25)15-14(8-20)23-17(18-22-10(2)9-27-18)24-16(15)12-6-5-7-13(21)11(12)3/h5-7,9,16H,4,8H2,1-3H3,(H,23,24). The van der Waals surface area contributed by atoms with E-state index in [0.29, 0.717) is 38.6 Å². The number of hydrogen-bond donors (Lipinski definition) is 1. The molecule has 27 heavy (non-hydrogen) atoms. The van der Waals surface area contributed by atoms with Crippen molar-refractivity contribution in [3.63, 3.8) is 0 Å². The molecule has 5 nitrogen and oxygen atoms in total. The van der Waals surface area contributed by atoms with E-state index in [9.17, 15) is 9.18 Å². The van der Waals surface area contributed by atoms with Crippen molar-refractivity contribution < 1.29 is 13.9 Å². The Hall–Kier alpha value is -2.06. The van der Waals surface area contributed by atoms with Crippen LogP contribution in [0.3, 0.4) is 0 Å². The fourth-order valence-corrected chi connectivity index (χ4v) is 4.06. The number of allylic oxidation sites excluding steroid dienone is 1. The molecule has 1 aliphatic heterocycles. The normalized spacial score (nSPS) is 16.8. The van der Waals surface area contributed by atoms with Crippen LogP contribution in [0, 0.1) is 19.7 Å². The maximum absolute atomic E-state index is 14.2. The van der Waals surface area contributed by atoms with Crippen molar-refractivity contribution in [1.29, 1.82) is 0 Å². The lowest BCUT2D eigenvalue weighted by Crippen LogP contribution is -2.34. The lowest BCUT2D eigenvalue weighted by molar-refractivity contribution is -0.138. The highest BCUT2D eigenvalue weighted by Crippen LogP contribution is 2.35. The molecule has 0 bridgehead atoms. The van der Waals surface area contributed by atoms with Crippen LogP contribution in [-0.2, 0) is 9.53 Å². The number of carbonyl (C=O) groups is 1. The fourth-order valence-electron chi connectivity index (χ4n) is 2.87. The molecule has 0 amide bonds. The molecule has 1 aromatic heterocycles. The van der Waals surface area contributed by atoms with Gasteiger partial charge in [-0.05, 0) is 38.0 Å². The molecule has 1 atom stereocenters. The van der Waals surface area contributed by atoms with Gasteiger partial charge < -0.3 is 10.1 Å². The van der Waals surface area contributed by atoms with Gasteiger partial charge in [-0.1, -0.05) is 28.1 Å². The lowest BCUT2D eigenvalue weighted by Gasteiger charge is -2.27. The van der Waals surface area contributed by atoms with Crippen molar-refractivity contribution >= 4 is 39.1 Å². The summed E-state index contributed by atoms with van der Waals surface area (Å²) in [5.41, 5.74) is 2.99. The van der Waals surface area contributed by atoms with Gasteiger partial charge in [0.15, 0.2) is 10.8 Å². The maximum Gasteiger partial charge on any atom is 0.338 e. The Labute approximate surface area is 169 Å².